The van der Waals surface area contributed by atoms with Crippen LogP contribution in [0.25, 0.3) is 0 Å². The van der Waals surface area contributed by atoms with Gasteiger partial charge in [-0.15, -0.1) is 0 Å². The van der Waals surface area contributed by atoms with Gasteiger partial charge in [-0.3, -0.25) is 9.89 Å². The van der Waals surface area contributed by atoms with E-state index in [9.17, 15) is 4.79 Å². The minimum atomic E-state index is -0.256. The molecule has 0 fully saturated rings. The van der Waals surface area contributed by atoms with Crippen molar-refractivity contribution >= 4 is 21.7 Å². The third-order valence-electron chi connectivity index (χ3n) is 1.94. The summed E-state index contributed by atoms with van der Waals surface area (Å²) < 4.78 is 0.466. The first-order valence-corrected chi connectivity index (χ1v) is 5.12. The average Bonchev–Trinajstić information content (AvgIpc) is 2.77. The third kappa shape index (κ3) is 1.85. The molecule has 2 aromatic rings. The molecule has 0 aliphatic carbocycles. The molecule has 2 rings (SSSR count). The number of hydrogen-bond donors (Lipinski definition) is 1. The second kappa shape index (κ2) is 4.24. The summed E-state index contributed by atoms with van der Waals surface area (Å²) in [6, 6.07) is 6.56. The number of H-pyrrole nitrogens is 1. The van der Waals surface area contributed by atoms with Crippen LogP contribution in [-0.4, -0.2) is 21.0 Å². The van der Waals surface area contributed by atoms with Crippen LogP contribution in [0, 0.1) is 11.3 Å². The second-order valence-electron chi connectivity index (χ2n) is 2.95. The smallest absolute Gasteiger partial charge is 0.213 e. The molecule has 2 heterocycles. The summed E-state index contributed by atoms with van der Waals surface area (Å²) in [6.07, 6.45) is 1.58. The zero-order valence-corrected chi connectivity index (χ0v) is 9.52. The van der Waals surface area contributed by atoms with E-state index in [0.717, 1.165) is 0 Å². The van der Waals surface area contributed by atoms with Gasteiger partial charge in [0.1, 0.15) is 16.4 Å². The topological polar surface area (TPSA) is 82.4 Å². The Bertz CT molecular complexity index is 585. The van der Waals surface area contributed by atoms with Gasteiger partial charge in [-0.05, 0) is 28.1 Å². The Morgan fingerprint density at radius 1 is 1.56 bits per heavy atom. The molecule has 2 aromatic heterocycles. The highest BCUT2D eigenvalue weighted by atomic mass is 79.9. The molecule has 0 aliphatic rings. The van der Waals surface area contributed by atoms with Gasteiger partial charge in [-0.1, -0.05) is 0 Å². The molecular formula is C10H5BrN4O. The number of aromatic nitrogens is 3. The summed E-state index contributed by atoms with van der Waals surface area (Å²) in [5, 5.41) is 14.8. The van der Waals surface area contributed by atoms with Crippen LogP contribution in [0.15, 0.2) is 29.0 Å². The van der Waals surface area contributed by atoms with Crippen molar-refractivity contribution in [3.05, 3.63) is 46.0 Å². The van der Waals surface area contributed by atoms with Crippen LogP contribution in [0.2, 0.25) is 0 Å². The number of rotatable bonds is 2. The predicted octanol–water partition coefficient (Wildman–Crippen LogP) is 1.67. The number of hydrogen-bond acceptors (Lipinski definition) is 4. The number of nitriles is 1. The van der Waals surface area contributed by atoms with Gasteiger partial charge in [0, 0.05) is 12.3 Å². The van der Waals surface area contributed by atoms with Gasteiger partial charge in [-0.2, -0.15) is 10.4 Å². The van der Waals surface area contributed by atoms with Crippen molar-refractivity contribution in [1.29, 1.82) is 5.26 Å². The Labute approximate surface area is 99.3 Å². The number of halogens is 1. The summed E-state index contributed by atoms with van der Waals surface area (Å²) >= 11 is 3.19. The van der Waals surface area contributed by atoms with Crippen molar-refractivity contribution < 1.29 is 4.79 Å². The quantitative estimate of drug-likeness (QED) is 0.668. The fraction of sp³-hybridized carbons (Fsp3) is 0. The van der Waals surface area contributed by atoms with Gasteiger partial charge in [0.05, 0.1) is 5.56 Å². The molecule has 0 saturated carbocycles. The molecule has 0 amide bonds. The summed E-state index contributed by atoms with van der Waals surface area (Å²) in [6.45, 7) is 0. The van der Waals surface area contributed by atoms with E-state index in [0.29, 0.717) is 10.2 Å². The van der Waals surface area contributed by atoms with Crippen molar-refractivity contribution in [2.45, 2.75) is 0 Å². The lowest BCUT2D eigenvalue weighted by Gasteiger charge is -1.99. The van der Waals surface area contributed by atoms with E-state index in [2.05, 4.69) is 31.1 Å². The van der Waals surface area contributed by atoms with Crippen LogP contribution in [-0.2, 0) is 0 Å². The fourth-order valence-electron chi connectivity index (χ4n) is 1.20. The Balaban J connectivity index is 2.40. The highest BCUT2D eigenvalue weighted by Gasteiger charge is 2.15. The second-order valence-corrected chi connectivity index (χ2v) is 3.70. The van der Waals surface area contributed by atoms with Gasteiger partial charge >= 0.3 is 0 Å². The first-order valence-electron chi connectivity index (χ1n) is 4.33. The summed E-state index contributed by atoms with van der Waals surface area (Å²) in [5.74, 6) is -0.256. The Hall–Kier alpha value is -2.00. The maximum atomic E-state index is 11.9. The Morgan fingerprint density at radius 2 is 2.38 bits per heavy atom. The molecule has 78 valence electrons. The van der Waals surface area contributed by atoms with Crippen molar-refractivity contribution in [2.75, 3.05) is 0 Å². The van der Waals surface area contributed by atoms with E-state index < -0.39 is 0 Å². The van der Waals surface area contributed by atoms with Crippen molar-refractivity contribution in [2.24, 2.45) is 0 Å². The summed E-state index contributed by atoms with van der Waals surface area (Å²) in [5.41, 5.74) is 0.879. The Morgan fingerprint density at radius 3 is 3.00 bits per heavy atom. The largest absolute Gasteiger partial charge is 0.287 e. The number of ketones is 1. The van der Waals surface area contributed by atoms with Crippen LogP contribution in [0.3, 0.4) is 0 Å². The Kier molecular flexibility index (Phi) is 2.79. The molecule has 5 nitrogen and oxygen atoms in total. The van der Waals surface area contributed by atoms with Crippen LogP contribution < -0.4 is 0 Å². The maximum absolute atomic E-state index is 11.9. The predicted molar refractivity (Wildman–Crippen MR) is 58.7 cm³/mol. The summed E-state index contributed by atoms with van der Waals surface area (Å²) in [7, 11) is 0. The summed E-state index contributed by atoms with van der Waals surface area (Å²) in [4.78, 5) is 15.9. The van der Waals surface area contributed by atoms with E-state index in [1.54, 1.807) is 18.3 Å². The van der Waals surface area contributed by atoms with Gasteiger partial charge in [0.15, 0.2) is 5.69 Å². The number of carbonyl (C=O) groups excluding carboxylic acids is 1. The number of carbonyl (C=O) groups is 1. The molecule has 0 unspecified atom stereocenters. The van der Waals surface area contributed by atoms with Crippen LogP contribution >= 0.6 is 15.9 Å². The molecule has 0 bridgehead atoms. The monoisotopic (exact) mass is 276 g/mol. The number of nitrogens with zero attached hydrogens (tertiary/aromatic N) is 3. The molecule has 0 saturated heterocycles. The van der Waals surface area contributed by atoms with Gasteiger partial charge in [0.25, 0.3) is 0 Å². The number of aromatic amines is 1. The molecule has 0 radical (unpaired) electrons. The first-order chi connectivity index (χ1) is 7.72. The molecule has 0 aliphatic heterocycles. The normalized spacial score (nSPS) is 9.75. The SMILES string of the molecule is N#Cc1cc(C(=O)c2cccnc2Br)[nH]n1. The van der Waals surface area contributed by atoms with Crippen molar-refractivity contribution in [1.82, 2.24) is 15.2 Å². The van der Waals surface area contributed by atoms with E-state index in [1.807, 2.05) is 6.07 Å². The van der Waals surface area contributed by atoms with Crippen LogP contribution in [0.5, 0.6) is 0 Å². The van der Waals surface area contributed by atoms with Crippen molar-refractivity contribution in [3.63, 3.8) is 0 Å². The molecule has 0 atom stereocenters. The lowest BCUT2D eigenvalue weighted by atomic mass is 10.1. The van der Waals surface area contributed by atoms with E-state index in [4.69, 9.17) is 5.26 Å². The third-order valence-corrected chi connectivity index (χ3v) is 2.57. The molecule has 6 heteroatoms. The van der Waals surface area contributed by atoms with Crippen LogP contribution in [0.4, 0.5) is 0 Å². The zero-order chi connectivity index (χ0) is 11.5. The number of nitrogens with one attached hydrogen (secondary N) is 1. The van der Waals surface area contributed by atoms with E-state index in [1.165, 1.54) is 6.07 Å². The zero-order valence-electron chi connectivity index (χ0n) is 7.94. The molecule has 0 spiro atoms. The molecule has 1 N–H and O–H groups in total. The highest BCUT2D eigenvalue weighted by Crippen LogP contribution is 2.16. The highest BCUT2D eigenvalue weighted by molar-refractivity contribution is 9.10. The van der Waals surface area contributed by atoms with E-state index in [-0.39, 0.29) is 17.2 Å². The van der Waals surface area contributed by atoms with Gasteiger partial charge in [0.2, 0.25) is 5.78 Å². The van der Waals surface area contributed by atoms with E-state index >= 15 is 0 Å². The minimum absolute atomic E-state index is 0.184. The first kappa shape index (κ1) is 10.5. The van der Waals surface area contributed by atoms with Crippen LogP contribution in [0.1, 0.15) is 21.7 Å². The van der Waals surface area contributed by atoms with Gasteiger partial charge in [-0.25, -0.2) is 4.98 Å². The average molecular weight is 277 g/mol. The standard InChI is InChI=1S/C10H5BrN4O/c11-10-7(2-1-3-13-10)9(16)8-4-6(5-12)14-15-8/h1-4H,(H,14,15). The lowest BCUT2D eigenvalue weighted by molar-refractivity contribution is 0.103. The molecule has 0 aromatic carbocycles. The number of pyridine rings is 1. The molecular weight excluding hydrogens is 272 g/mol. The fourth-order valence-corrected chi connectivity index (χ4v) is 1.63. The molecule has 16 heavy (non-hydrogen) atoms. The van der Waals surface area contributed by atoms with Gasteiger partial charge < -0.3 is 0 Å². The lowest BCUT2D eigenvalue weighted by Crippen LogP contribution is -2.03. The van der Waals surface area contributed by atoms with Crippen molar-refractivity contribution in [3.8, 4) is 6.07 Å². The maximum Gasteiger partial charge on any atom is 0.213 e. The minimum Gasteiger partial charge on any atom is -0.287 e.